The molecule has 2 heterocycles. The second-order valence-corrected chi connectivity index (χ2v) is 15.9. The average molecular weight is 824 g/mol. The van der Waals surface area contributed by atoms with Gasteiger partial charge in [-0.3, -0.25) is 0 Å². The number of likely N-dealkylation sites (N-methyl/N-ethyl adjacent to an activating group) is 1. The molecule has 6 aromatic carbocycles. The molecule has 6 unspecified atom stereocenters. The van der Waals surface area contributed by atoms with Crippen molar-refractivity contribution >= 4 is 11.6 Å². The van der Waals surface area contributed by atoms with Gasteiger partial charge in [0.1, 0.15) is 42.9 Å². The average Bonchev–Trinajstić information content (AvgIpc) is 3.75. The van der Waals surface area contributed by atoms with E-state index in [-0.39, 0.29) is 12.6 Å². The topological polar surface area (TPSA) is 67.4 Å². The van der Waals surface area contributed by atoms with Crippen LogP contribution in [0.2, 0.25) is 5.02 Å². The van der Waals surface area contributed by atoms with E-state index in [0.29, 0.717) is 50.2 Å². The Kier molecular flexibility index (Phi) is 14.4. The Morgan fingerprint density at radius 2 is 1.10 bits per heavy atom. The number of hydrogen-bond acceptors (Lipinski definition) is 7. The molecule has 1 fully saturated rings. The molecule has 6 aromatic rings. The quantitative estimate of drug-likeness (QED) is 0.0926. The van der Waals surface area contributed by atoms with Crippen LogP contribution in [0.5, 0.6) is 5.75 Å². The molecular weight excluding hydrogens is 770 g/mol. The van der Waals surface area contributed by atoms with Crippen molar-refractivity contribution in [3.05, 3.63) is 207 Å². The van der Waals surface area contributed by atoms with Crippen molar-refractivity contribution in [2.24, 2.45) is 0 Å². The zero-order chi connectivity index (χ0) is 41.1. The normalized spacial score (nSPS) is 21.1. The number of nitrogens with one attached hydrogen (secondary N) is 1. The standard InChI is InChI=1S/C52H54ClNO6/c1-3-36-24-26-37(27-25-36)28-42-29-43(46-44(54-2)34-59-50(46)47(42)53)48-51(57-32-40-20-12-6-13-21-40)52(58-33-41-22-14-7-15-23-41)49(56-31-39-18-10-5-11-19-39)45(60-48)35-55-30-38-16-8-4-9-17-38/h4-27,29,44-45,48-49,51-52,54H,3,28,30-35H2,1-2H3. The molecule has 8 heteroatoms. The van der Waals surface area contributed by atoms with Crippen LogP contribution >= 0.6 is 11.6 Å². The van der Waals surface area contributed by atoms with Gasteiger partial charge >= 0.3 is 0 Å². The Balaban J connectivity index is 1.24. The molecule has 6 atom stereocenters. The molecule has 2 aliphatic heterocycles. The van der Waals surface area contributed by atoms with E-state index in [1.165, 1.54) is 5.56 Å². The molecule has 0 saturated carbocycles. The van der Waals surface area contributed by atoms with E-state index >= 15 is 0 Å². The minimum atomic E-state index is -0.611. The lowest BCUT2D eigenvalue weighted by atomic mass is 9.85. The minimum absolute atomic E-state index is 0.118. The van der Waals surface area contributed by atoms with Crippen molar-refractivity contribution in [1.29, 1.82) is 0 Å². The monoisotopic (exact) mass is 823 g/mol. The Hall–Kier alpha value is -4.83. The summed E-state index contributed by atoms with van der Waals surface area (Å²) in [5.41, 5.74) is 9.55. The number of hydrogen-bond donors (Lipinski definition) is 1. The maximum Gasteiger partial charge on any atom is 0.143 e. The summed E-state index contributed by atoms with van der Waals surface area (Å²) in [6, 6.07) is 51.7. The second-order valence-electron chi connectivity index (χ2n) is 15.6. The summed E-state index contributed by atoms with van der Waals surface area (Å²) in [7, 11) is 1.95. The van der Waals surface area contributed by atoms with E-state index in [1.54, 1.807) is 0 Å². The van der Waals surface area contributed by atoms with Crippen LogP contribution < -0.4 is 10.1 Å². The molecule has 60 heavy (non-hydrogen) atoms. The summed E-state index contributed by atoms with van der Waals surface area (Å²) in [5, 5.41) is 4.11. The number of ether oxygens (including phenoxy) is 6. The molecule has 7 nitrogen and oxygen atoms in total. The molecule has 0 aliphatic carbocycles. The first-order valence-electron chi connectivity index (χ1n) is 21.0. The van der Waals surface area contributed by atoms with Gasteiger partial charge in [0.05, 0.1) is 44.1 Å². The van der Waals surface area contributed by atoms with Gasteiger partial charge in [-0.05, 0) is 64.4 Å². The van der Waals surface area contributed by atoms with E-state index in [2.05, 4.69) is 91.1 Å². The highest BCUT2D eigenvalue weighted by Crippen LogP contribution is 2.49. The number of halogens is 1. The van der Waals surface area contributed by atoms with Crippen molar-refractivity contribution in [2.75, 3.05) is 20.3 Å². The largest absolute Gasteiger partial charge is 0.490 e. The van der Waals surface area contributed by atoms with Crippen molar-refractivity contribution in [1.82, 2.24) is 5.32 Å². The molecule has 8 rings (SSSR count). The van der Waals surface area contributed by atoms with Crippen LogP contribution in [-0.2, 0) is 63.0 Å². The highest BCUT2D eigenvalue weighted by molar-refractivity contribution is 6.33. The smallest absolute Gasteiger partial charge is 0.143 e. The van der Waals surface area contributed by atoms with Crippen molar-refractivity contribution in [2.45, 2.75) is 82.8 Å². The second kappa shape index (κ2) is 20.6. The first-order chi connectivity index (χ1) is 29.6. The van der Waals surface area contributed by atoms with Crippen LogP contribution in [0.25, 0.3) is 0 Å². The molecule has 0 aromatic heterocycles. The maximum absolute atomic E-state index is 7.41. The lowest BCUT2D eigenvalue weighted by molar-refractivity contribution is -0.275. The maximum atomic E-state index is 7.41. The molecule has 0 spiro atoms. The summed E-state index contributed by atoms with van der Waals surface area (Å²) in [5.74, 6) is 0.681. The van der Waals surface area contributed by atoms with Crippen LogP contribution in [0.4, 0.5) is 0 Å². The van der Waals surface area contributed by atoms with E-state index < -0.39 is 30.5 Å². The van der Waals surface area contributed by atoms with Crippen LogP contribution in [-0.4, -0.2) is 44.7 Å². The molecule has 1 N–H and O–H groups in total. The molecular formula is C52H54ClNO6. The van der Waals surface area contributed by atoms with E-state index in [1.807, 2.05) is 79.8 Å². The van der Waals surface area contributed by atoms with Crippen LogP contribution in [0.1, 0.15) is 69.1 Å². The SMILES string of the molecule is CCc1ccc(Cc2cc(C3OC(COCc4ccccc4)C(OCc4ccccc4)C(OCc4ccccc4)C3OCc3ccccc3)c3c(c2Cl)OCC3NC)cc1. The summed E-state index contributed by atoms with van der Waals surface area (Å²) in [6.45, 7) is 4.35. The minimum Gasteiger partial charge on any atom is -0.490 e. The molecule has 0 radical (unpaired) electrons. The molecule has 2 aliphatic rings. The zero-order valence-corrected chi connectivity index (χ0v) is 35.1. The first-order valence-corrected chi connectivity index (χ1v) is 21.4. The number of fused-ring (bicyclic) bond motifs is 1. The van der Waals surface area contributed by atoms with E-state index in [4.69, 9.17) is 40.0 Å². The Morgan fingerprint density at radius 3 is 1.63 bits per heavy atom. The Morgan fingerprint density at radius 1 is 0.600 bits per heavy atom. The van der Waals surface area contributed by atoms with Crippen LogP contribution in [0.3, 0.4) is 0 Å². The van der Waals surface area contributed by atoms with Gasteiger partial charge < -0.3 is 33.7 Å². The summed E-state index contributed by atoms with van der Waals surface area (Å²) in [4.78, 5) is 0. The Labute approximate surface area is 359 Å². The highest BCUT2D eigenvalue weighted by atomic mass is 35.5. The summed E-state index contributed by atoms with van der Waals surface area (Å²) < 4.78 is 41.6. The van der Waals surface area contributed by atoms with Gasteiger partial charge in [-0.25, -0.2) is 0 Å². The third kappa shape index (κ3) is 10.2. The third-order valence-corrected chi connectivity index (χ3v) is 11.9. The van der Waals surface area contributed by atoms with Gasteiger partial charge in [0.15, 0.2) is 0 Å². The third-order valence-electron chi connectivity index (χ3n) is 11.5. The van der Waals surface area contributed by atoms with Gasteiger partial charge in [-0.15, -0.1) is 0 Å². The predicted molar refractivity (Wildman–Crippen MR) is 236 cm³/mol. The number of rotatable bonds is 18. The van der Waals surface area contributed by atoms with Crippen molar-refractivity contribution in [3.8, 4) is 5.75 Å². The van der Waals surface area contributed by atoms with Gasteiger partial charge in [-0.2, -0.15) is 0 Å². The van der Waals surface area contributed by atoms with Crippen LogP contribution in [0, 0.1) is 0 Å². The highest BCUT2D eigenvalue weighted by Gasteiger charge is 2.50. The van der Waals surface area contributed by atoms with E-state index in [9.17, 15) is 0 Å². The van der Waals surface area contributed by atoms with E-state index in [0.717, 1.165) is 50.9 Å². The first kappa shape index (κ1) is 41.9. The fourth-order valence-electron chi connectivity index (χ4n) is 8.22. The predicted octanol–water partition coefficient (Wildman–Crippen LogP) is 10.6. The van der Waals surface area contributed by atoms with Crippen molar-refractivity contribution < 1.29 is 28.4 Å². The van der Waals surface area contributed by atoms with Crippen molar-refractivity contribution in [3.63, 3.8) is 0 Å². The van der Waals surface area contributed by atoms with Crippen LogP contribution in [0.15, 0.2) is 152 Å². The number of benzene rings is 6. The molecule has 1 saturated heterocycles. The number of aryl methyl sites for hydroxylation is 1. The van der Waals surface area contributed by atoms with Gasteiger partial charge in [0.25, 0.3) is 0 Å². The van der Waals surface area contributed by atoms with Gasteiger partial charge in [0.2, 0.25) is 0 Å². The van der Waals surface area contributed by atoms with Gasteiger partial charge in [-0.1, -0.05) is 170 Å². The fourth-order valence-corrected chi connectivity index (χ4v) is 8.50. The summed E-state index contributed by atoms with van der Waals surface area (Å²) >= 11 is 7.31. The summed E-state index contributed by atoms with van der Waals surface area (Å²) in [6.07, 6.45) is -1.29. The molecule has 0 bridgehead atoms. The lowest BCUT2D eigenvalue weighted by Crippen LogP contribution is -2.58. The molecule has 0 amide bonds. The fraction of sp³-hybridized carbons (Fsp3) is 0.308. The Bertz CT molecular complexity index is 2230. The lowest BCUT2D eigenvalue weighted by Gasteiger charge is -2.47. The van der Waals surface area contributed by atoms with Gasteiger partial charge in [0, 0.05) is 5.56 Å². The molecule has 310 valence electrons. The zero-order valence-electron chi connectivity index (χ0n) is 34.4.